The summed E-state index contributed by atoms with van der Waals surface area (Å²) < 4.78 is 6.59. The number of halogens is 1. The van der Waals surface area contributed by atoms with Crippen molar-refractivity contribution in [2.75, 3.05) is 26.2 Å². The van der Waals surface area contributed by atoms with Crippen LogP contribution in [-0.2, 0) is 4.74 Å². The van der Waals surface area contributed by atoms with Crippen LogP contribution in [0.4, 0.5) is 0 Å². The Hall–Kier alpha value is -2.91. The first kappa shape index (κ1) is 29.1. The highest BCUT2D eigenvalue weighted by Crippen LogP contribution is 2.31. The Labute approximate surface area is 240 Å². The highest BCUT2D eigenvalue weighted by Gasteiger charge is 2.25. The first-order valence-electron chi connectivity index (χ1n) is 14.4. The zero-order chi connectivity index (χ0) is 27.3. The Balaban J connectivity index is 0.00000112. The fourth-order valence-electron chi connectivity index (χ4n) is 5.25. The number of hydrogen-bond acceptors (Lipinski definition) is 2. The second-order valence-corrected chi connectivity index (χ2v) is 10.9. The Morgan fingerprint density at radius 2 is 1.10 bits per heavy atom. The molecule has 3 heteroatoms. The van der Waals surface area contributed by atoms with Crippen LogP contribution >= 0.6 is 11.6 Å². The fraction of sp³-hybridized carbons (Fsp3) is 0.333. The molecule has 1 saturated heterocycles. The number of benzene rings is 4. The highest BCUT2D eigenvalue weighted by molar-refractivity contribution is 6.30. The fourth-order valence-corrected chi connectivity index (χ4v) is 5.38. The predicted octanol–water partition coefficient (Wildman–Crippen LogP) is 9.41. The molecule has 0 radical (unpaired) electrons. The van der Waals surface area contributed by atoms with Gasteiger partial charge in [0.15, 0.2) is 0 Å². The molecule has 39 heavy (non-hydrogen) atoms. The Kier molecular flexibility index (Phi) is 11.6. The SMILES string of the molecule is CCC.Clc1ccc(C(OCC2CCN(CC(c3ccccc3)c3ccccc3)CC2)c2ccccc2)cc1. The molecular formula is C36H42ClNO. The van der Waals surface area contributed by atoms with E-state index in [1.165, 1.54) is 36.0 Å². The van der Waals surface area contributed by atoms with Crippen molar-refractivity contribution in [1.82, 2.24) is 4.90 Å². The number of piperidine rings is 1. The van der Waals surface area contributed by atoms with Crippen LogP contribution in [0.3, 0.4) is 0 Å². The molecular weight excluding hydrogens is 498 g/mol. The Morgan fingerprint density at radius 1 is 0.667 bits per heavy atom. The molecule has 0 aliphatic carbocycles. The van der Waals surface area contributed by atoms with Crippen LogP contribution in [0, 0.1) is 5.92 Å². The van der Waals surface area contributed by atoms with Gasteiger partial charge in [-0.2, -0.15) is 0 Å². The van der Waals surface area contributed by atoms with Gasteiger partial charge in [-0.15, -0.1) is 0 Å². The van der Waals surface area contributed by atoms with E-state index in [4.69, 9.17) is 16.3 Å². The number of nitrogens with zero attached hydrogens (tertiary/aromatic N) is 1. The first-order valence-corrected chi connectivity index (χ1v) is 14.8. The van der Waals surface area contributed by atoms with Crippen LogP contribution in [0.1, 0.15) is 67.4 Å². The van der Waals surface area contributed by atoms with Crippen molar-refractivity contribution in [3.8, 4) is 0 Å². The summed E-state index contributed by atoms with van der Waals surface area (Å²) in [6, 6.07) is 40.4. The average molecular weight is 540 g/mol. The Bertz CT molecular complexity index is 1150. The topological polar surface area (TPSA) is 12.5 Å². The van der Waals surface area contributed by atoms with Crippen LogP contribution in [-0.4, -0.2) is 31.1 Å². The summed E-state index contributed by atoms with van der Waals surface area (Å²) in [5, 5.41) is 0.752. The quantitative estimate of drug-likeness (QED) is 0.210. The van der Waals surface area contributed by atoms with E-state index in [0.29, 0.717) is 11.8 Å². The summed E-state index contributed by atoms with van der Waals surface area (Å²) >= 11 is 6.14. The zero-order valence-electron chi connectivity index (χ0n) is 23.4. The average Bonchev–Trinajstić information content (AvgIpc) is 2.99. The second kappa shape index (κ2) is 15.6. The molecule has 0 spiro atoms. The van der Waals surface area contributed by atoms with Crippen molar-refractivity contribution in [3.63, 3.8) is 0 Å². The molecule has 0 bridgehead atoms. The maximum Gasteiger partial charge on any atom is 0.108 e. The van der Waals surface area contributed by atoms with Gasteiger partial charge in [0.05, 0.1) is 6.61 Å². The minimum absolute atomic E-state index is 0.0676. The molecule has 1 fully saturated rings. The van der Waals surface area contributed by atoms with Crippen molar-refractivity contribution in [2.24, 2.45) is 5.92 Å². The molecule has 4 aromatic carbocycles. The van der Waals surface area contributed by atoms with Crippen molar-refractivity contribution < 1.29 is 4.74 Å². The van der Waals surface area contributed by atoms with E-state index in [9.17, 15) is 0 Å². The number of likely N-dealkylation sites (tertiary alicyclic amines) is 1. The van der Waals surface area contributed by atoms with Gasteiger partial charge in [-0.05, 0) is 66.2 Å². The lowest BCUT2D eigenvalue weighted by molar-refractivity contribution is 0.0306. The van der Waals surface area contributed by atoms with Gasteiger partial charge in [0.25, 0.3) is 0 Å². The van der Waals surface area contributed by atoms with Crippen LogP contribution in [0.2, 0.25) is 5.02 Å². The third kappa shape index (κ3) is 8.80. The third-order valence-electron chi connectivity index (χ3n) is 7.33. The van der Waals surface area contributed by atoms with Crippen molar-refractivity contribution >= 4 is 11.6 Å². The molecule has 1 aliphatic rings. The van der Waals surface area contributed by atoms with Crippen LogP contribution < -0.4 is 0 Å². The first-order chi connectivity index (χ1) is 19.2. The Morgan fingerprint density at radius 3 is 1.59 bits per heavy atom. The minimum atomic E-state index is -0.0676. The molecule has 0 aromatic heterocycles. The standard InChI is InChI=1S/C33H34ClNO.C3H8/c34-31-18-16-30(17-19-31)33(29-14-8-3-9-15-29)36-25-26-20-22-35(23-21-26)24-32(27-10-4-1-5-11-27)28-12-6-2-7-13-28;1-3-2/h1-19,26,32-33H,20-25H2;3H2,1-2H3. The monoisotopic (exact) mass is 539 g/mol. The van der Waals surface area contributed by atoms with Crippen LogP contribution in [0.5, 0.6) is 0 Å². The molecule has 0 saturated carbocycles. The van der Waals surface area contributed by atoms with Gasteiger partial charge in [-0.1, -0.05) is 135 Å². The summed E-state index contributed by atoms with van der Waals surface area (Å²) in [7, 11) is 0. The van der Waals surface area contributed by atoms with E-state index in [1.807, 2.05) is 12.1 Å². The summed E-state index contributed by atoms with van der Waals surface area (Å²) in [4.78, 5) is 2.63. The van der Waals surface area contributed by atoms with E-state index in [0.717, 1.165) is 36.8 Å². The minimum Gasteiger partial charge on any atom is -0.368 e. The lowest BCUT2D eigenvalue weighted by Gasteiger charge is -2.35. The highest BCUT2D eigenvalue weighted by atomic mass is 35.5. The number of ether oxygens (including phenoxy) is 1. The van der Waals surface area contributed by atoms with Gasteiger partial charge >= 0.3 is 0 Å². The second-order valence-electron chi connectivity index (χ2n) is 10.5. The van der Waals surface area contributed by atoms with Gasteiger partial charge in [0, 0.05) is 17.5 Å². The molecule has 204 valence electrons. The smallest absolute Gasteiger partial charge is 0.108 e. The molecule has 1 heterocycles. The summed E-state index contributed by atoms with van der Waals surface area (Å²) in [5.41, 5.74) is 5.12. The molecule has 1 atom stereocenters. The van der Waals surface area contributed by atoms with Crippen LogP contribution in [0.15, 0.2) is 115 Å². The van der Waals surface area contributed by atoms with Crippen molar-refractivity contribution in [1.29, 1.82) is 0 Å². The molecule has 0 amide bonds. The van der Waals surface area contributed by atoms with Gasteiger partial charge in [-0.3, -0.25) is 0 Å². The maximum absolute atomic E-state index is 6.59. The molecule has 4 aromatic rings. The van der Waals surface area contributed by atoms with E-state index in [-0.39, 0.29) is 6.10 Å². The van der Waals surface area contributed by atoms with Crippen LogP contribution in [0.25, 0.3) is 0 Å². The van der Waals surface area contributed by atoms with Crippen molar-refractivity contribution in [2.45, 2.75) is 45.1 Å². The van der Waals surface area contributed by atoms with E-state index < -0.39 is 0 Å². The number of hydrogen-bond donors (Lipinski definition) is 0. The van der Waals surface area contributed by atoms with Gasteiger partial charge in [-0.25, -0.2) is 0 Å². The third-order valence-corrected chi connectivity index (χ3v) is 7.58. The lowest BCUT2D eigenvalue weighted by Crippen LogP contribution is -2.38. The number of rotatable bonds is 9. The van der Waals surface area contributed by atoms with E-state index in [1.54, 1.807) is 0 Å². The molecule has 2 nitrogen and oxygen atoms in total. The largest absolute Gasteiger partial charge is 0.368 e. The van der Waals surface area contributed by atoms with E-state index in [2.05, 4.69) is 122 Å². The lowest BCUT2D eigenvalue weighted by atomic mass is 9.89. The summed E-state index contributed by atoms with van der Waals surface area (Å²) in [5.74, 6) is 0.972. The van der Waals surface area contributed by atoms with Gasteiger partial charge < -0.3 is 9.64 Å². The predicted molar refractivity (Wildman–Crippen MR) is 166 cm³/mol. The molecule has 1 unspecified atom stereocenters. The summed E-state index contributed by atoms with van der Waals surface area (Å²) in [6.45, 7) is 8.30. The van der Waals surface area contributed by atoms with Gasteiger partial charge in [0.1, 0.15) is 6.10 Å². The molecule has 5 rings (SSSR count). The maximum atomic E-state index is 6.59. The van der Waals surface area contributed by atoms with E-state index >= 15 is 0 Å². The zero-order valence-corrected chi connectivity index (χ0v) is 24.1. The molecule has 0 N–H and O–H groups in total. The van der Waals surface area contributed by atoms with Crippen molar-refractivity contribution in [3.05, 3.63) is 143 Å². The summed E-state index contributed by atoms with van der Waals surface area (Å²) in [6.07, 6.45) is 3.51. The van der Waals surface area contributed by atoms with Gasteiger partial charge in [0.2, 0.25) is 0 Å². The molecule has 1 aliphatic heterocycles. The normalized spacial score (nSPS) is 15.0.